The van der Waals surface area contributed by atoms with Gasteiger partial charge in [0, 0.05) is 18.8 Å². The van der Waals surface area contributed by atoms with Gasteiger partial charge in [0.05, 0.1) is 11.1 Å². The molecule has 1 aliphatic rings. The highest BCUT2D eigenvalue weighted by molar-refractivity contribution is 6.39. The number of hydrogen-bond acceptors (Lipinski definition) is 3. The van der Waals surface area contributed by atoms with E-state index in [2.05, 4.69) is 5.32 Å². The lowest BCUT2D eigenvalue weighted by Crippen LogP contribution is -2.49. The first-order chi connectivity index (χ1) is 9.88. The molecule has 2 atom stereocenters. The van der Waals surface area contributed by atoms with Gasteiger partial charge >= 0.3 is 11.8 Å². The summed E-state index contributed by atoms with van der Waals surface area (Å²) in [6.07, 6.45) is 0.0125. The first-order valence-corrected chi connectivity index (χ1v) is 6.99. The highest BCUT2D eigenvalue weighted by Gasteiger charge is 2.30. The van der Waals surface area contributed by atoms with Crippen LogP contribution in [0.2, 0.25) is 5.02 Å². The summed E-state index contributed by atoms with van der Waals surface area (Å²) in [5.41, 5.74) is 0.241. The Kier molecular flexibility index (Phi) is 4.80. The molecule has 21 heavy (non-hydrogen) atoms. The Balaban J connectivity index is 1.99. The van der Waals surface area contributed by atoms with Gasteiger partial charge in [-0.3, -0.25) is 9.59 Å². The molecular weight excluding hydrogens is 299 g/mol. The molecule has 1 aromatic carbocycles. The third-order valence-electron chi connectivity index (χ3n) is 3.58. The van der Waals surface area contributed by atoms with E-state index in [0.29, 0.717) is 13.0 Å². The summed E-state index contributed by atoms with van der Waals surface area (Å²) in [5, 5.41) is 12.0. The molecule has 1 aromatic rings. The highest BCUT2D eigenvalue weighted by atomic mass is 35.5. The molecule has 114 valence electrons. The van der Waals surface area contributed by atoms with E-state index in [1.165, 1.54) is 17.0 Å². The van der Waals surface area contributed by atoms with E-state index >= 15 is 0 Å². The summed E-state index contributed by atoms with van der Waals surface area (Å²) in [4.78, 5) is 25.2. The van der Waals surface area contributed by atoms with Crippen LogP contribution in [0.1, 0.15) is 13.3 Å². The zero-order valence-electron chi connectivity index (χ0n) is 11.5. The maximum atomic E-state index is 13.0. The van der Waals surface area contributed by atoms with Gasteiger partial charge in [0.25, 0.3) is 0 Å². The number of likely N-dealkylation sites (tertiary alicyclic amines) is 1. The molecule has 0 bridgehead atoms. The number of piperidine rings is 1. The molecular formula is C14H16ClFN2O3. The minimum atomic E-state index is -0.834. The van der Waals surface area contributed by atoms with E-state index in [4.69, 9.17) is 11.6 Å². The molecule has 0 aliphatic carbocycles. The zero-order chi connectivity index (χ0) is 15.6. The maximum absolute atomic E-state index is 13.0. The quantitative estimate of drug-likeness (QED) is 0.774. The minimum Gasteiger partial charge on any atom is -0.391 e. The molecule has 2 N–H and O–H groups in total. The standard InChI is InChI=1S/C14H16ClFN2O3/c1-8-4-5-18(7-12(8)19)14(21)13(20)17-9-2-3-11(16)10(15)6-9/h2-3,6,8,12,19H,4-5,7H2,1H3,(H,17,20). The molecule has 1 saturated heterocycles. The van der Waals surface area contributed by atoms with Crippen LogP contribution >= 0.6 is 11.6 Å². The van der Waals surface area contributed by atoms with Crippen molar-refractivity contribution in [2.45, 2.75) is 19.4 Å². The van der Waals surface area contributed by atoms with Crippen LogP contribution in [0.25, 0.3) is 0 Å². The van der Waals surface area contributed by atoms with E-state index in [1.807, 2.05) is 6.92 Å². The molecule has 5 nitrogen and oxygen atoms in total. The average molecular weight is 315 g/mol. The number of amides is 2. The maximum Gasteiger partial charge on any atom is 0.313 e. The molecule has 1 fully saturated rings. The Hall–Kier alpha value is -1.66. The predicted octanol–water partition coefficient (Wildman–Crippen LogP) is 1.65. The van der Waals surface area contributed by atoms with Crippen molar-refractivity contribution in [3.63, 3.8) is 0 Å². The third kappa shape index (κ3) is 3.71. The molecule has 0 radical (unpaired) electrons. The predicted molar refractivity (Wildman–Crippen MR) is 76.4 cm³/mol. The van der Waals surface area contributed by atoms with Crippen LogP contribution in [-0.2, 0) is 9.59 Å². The number of benzene rings is 1. The molecule has 0 saturated carbocycles. The zero-order valence-corrected chi connectivity index (χ0v) is 12.2. The fraction of sp³-hybridized carbons (Fsp3) is 0.429. The first-order valence-electron chi connectivity index (χ1n) is 6.62. The summed E-state index contributed by atoms with van der Waals surface area (Å²) in [5.74, 6) is -2.05. The summed E-state index contributed by atoms with van der Waals surface area (Å²) >= 11 is 5.61. The van der Waals surface area contributed by atoms with Crippen molar-refractivity contribution in [3.8, 4) is 0 Å². The van der Waals surface area contributed by atoms with Gasteiger partial charge in [0.1, 0.15) is 5.82 Å². The molecule has 2 unspecified atom stereocenters. The number of nitrogens with one attached hydrogen (secondary N) is 1. The Labute approximate surface area is 126 Å². The van der Waals surface area contributed by atoms with E-state index in [1.54, 1.807) is 0 Å². The Bertz CT molecular complexity index is 567. The van der Waals surface area contributed by atoms with E-state index in [0.717, 1.165) is 6.07 Å². The van der Waals surface area contributed by atoms with Gasteiger partial charge in [0.15, 0.2) is 0 Å². The fourth-order valence-corrected chi connectivity index (χ4v) is 2.32. The van der Waals surface area contributed by atoms with Crippen LogP contribution in [0.3, 0.4) is 0 Å². The van der Waals surface area contributed by atoms with Crippen molar-refractivity contribution in [1.82, 2.24) is 4.90 Å². The molecule has 0 aromatic heterocycles. The number of carbonyl (C=O) groups excluding carboxylic acids is 2. The van der Waals surface area contributed by atoms with E-state index < -0.39 is 23.7 Å². The second-order valence-corrected chi connectivity index (χ2v) is 5.57. The number of aliphatic hydroxyl groups is 1. The second-order valence-electron chi connectivity index (χ2n) is 5.17. The monoisotopic (exact) mass is 314 g/mol. The number of hydrogen-bond donors (Lipinski definition) is 2. The number of carbonyl (C=O) groups is 2. The second kappa shape index (κ2) is 6.41. The summed E-state index contributed by atoms with van der Waals surface area (Å²) < 4.78 is 13.0. The summed E-state index contributed by atoms with van der Waals surface area (Å²) in [7, 11) is 0. The number of halogens is 2. The van der Waals surface area contributed by atoms with Crippen LogP contribution < -0.4 is 5.32 Å². The van der Waals surface area contributed by atoms with Crippen molar-refractivity contribution in [2.75, 3.05) is 18.4 Å². The normalized spacial score (nSPS) is 22.0. The number of β-amino-alcohol motifs (C(OH)–C–C–N with tert-alkyl or cyclic N) is 1. The van der Waals surface area contributed by atoms with Crippen molar-refractivity contribution >= 4 is 29.1 Å². The highest BCUT2D eigenvalue weighted by Crippen LogP contribution is 2.20. The largest absolute Gasteiger partial charge is 0.391 e. The van der Waals surface area contributed by atoms with E-state index in [-0.39, 0.29) is 23.2 Å². The van der Waals surface area contributed by atoms with Crippen molar-refractivity contribution in [3.05, 3.63) is 29.0 Å². The molecule has 0 spiro atoms. The van der Waals surface area contributed by atoms with Crippen LogP contribution in [0, 0.1) is 11.7 Å². The molecule has 1 heterocycles. The Morgan fingerprint density at radius 3 is 2.81 bits per heavy atom. The minimum absolute atomic E-state index is 0.105. The molecule has 1 aliphatic heterocycles. The fourth-order valence-electron chi connectivity index (χ4n) is 2.14. The van der Waals surface area contributed by atoms with Crippen LogP contribution in [0.4, 0.5) is 10.1 Å². The number of aliphatic hydroxyl groups excluding tert-OH is 1. The van der Waals surface area contributed by atoms with E-state index in [9.17, 15) is 19.1 Å². The van der Waals surface area contributed by atoms with Gasteiger partial charge < -0.3 is 15.3 Å². The van der Waals surface area contributed by atoms with Gasteiger partial charge in [-0.1, -0.05) is 18.5 Å². The molecule has 2 amide bonds. The number of nitrogens with zero attached hydrogens (tertiary/aromatic N) is 1. The average Bonchev–Trinajstić information content (AvgIpc) is 2.45. The van der Waals surface area contributed by atoms with Crippen LogP contribution in [0.15, 0.2) is 18.2 Å². The smallest absolute Gasteiger partial charge is 0.313 e. The Morgan fingerprint density at radius 1 is 1.48 bits per heavy atom. The number of rotatable bonds is 1. The summed E-state index contributed by atoms with van der Waals surface area (Å²) in [6.45, 7) is 2.46. The van der Waals surface area contributed by atoms with Gasteiger partial charge in [-0.25, -0.2) is 4.39 Å². The van der Waals surface area contributed by atoms with Crippen LogP contribution in [0.5, 0.6) is 0 Å². The first kappa shape index (κ1) is 15.7. The van der Waals surface area contributed by atoms with Gasteiger partial charge in [0.2, 0.25) is 0 Å². The van der Waals surface area contributed by atoms with Crippen molar-refractivity contribution < 1.29 is 19.1 Å². The summed E-state index contributed by atoms with van der Waals surface area (Å²) in [6, 6.07) is 3.66. The topological polar surface area (TPSA) is 69.6 Å². The lowest BCUT2D eigenvalue weighted by atomic mass is 9.96. The third-order valence-corrected chi connectivity index (χ3v) is 3.87. The SMILES string of the molecule is CC1CCN(C(=O)C(=O)Nc2ccc(F)c(Cl)c2)CC1O. The molecule has 7 heteroatoms. The number of anilines is 1. The molecule has 2 rings (SSSR count). The van der Waals surface area contributed by atoms with Gasteiger partial charge in [-0.15, -0.1) is 0 Å². The van der Waals surface area contributed by atoms with Gasteiger partial charge in [-0.05, 0) is 30.5 Å². The lowest BCUT2D eigenvalue weighted by molar-refractivity contribution is -0.146. The van der Waals surface area contributed by atoms with Gasteiger partial charge in [-0.2, -0.15) is 0 Å². The van der Waals surface area contributed by atoms with Crippen molar-refractivity contribution in [1.29, 1.82) is 0 Å². The Morgan fingerprint density at radius 2 is 2.19 bits per heavy atom. The van der Waals surface area contributed by atoms with Crippen LogP contribution in [-0.4, -0.2) is 41.0 Å². The van der Waals surface area contributed by atoms with Crippen molar-refractivity contribution in [2.24, 2.45) is 5.92 Å². The lowest BCUT2D eigenvalue weighted by Gasteiger charge is -2.33.